The van der Waals surface area contributed by atoms with Crippen LogP contribution in [-0.2, 0) is 14.8 Å². The number of hydrogen-bond acceptors (Lipinski definition) is 4. The predicted octanol–water partition coefficient (Wildman–Crippen LogP) is 5.83. The van der Waals surface area contributed by atoms with Gasteiger partial charge in [-0.15, -0.1) is 11.8 Å². The largest absolute Gasteiger partial charge is 0.325 e. The number of anilines is 2. The highest BCUT2D eigenvalue weighted by molar-refractivity contribution is 8.00. The van der Waals surface area contributed by atoms with Gasteiger partial charge in [-0.1, -0.05) is 40.9 Å². The maximum Gasteiger partial charge on any atom is 0.261 e. The van der Waals surface area contributed by atoms with E-state index in [2.05, 4.69) is 10.0 Å². The lowest BCUT2D eigenvalue weighted by molar-refractivity contribution is -0.113. The molecule has 0 aliphatic rings. The molecule has 0 fully saturated rings. The van der Waals surface area contributed by atoms with Crippen molar-refractivity contribution < 1.29 is 13.2 Å². The number of halogens is 2. The Bertz CT molecular complexity index is 1130. The molecular weight excluding hydrogens is 463 g/mol. The minimum Gasteiger partial charge on any atom is -0.325 e. The van der Waals surface area contributed by atoms with E-state index >= 15 is 0 Å². The van der Waals surface area contributed by atoms with Gasteiger partial charge in [-0.05, 0) is 61.5 Å². The van der Waals surface area contributed by atoms with Crippen LogP contribution in [0, 0.1) is 6.92 Å². The van der Waals surface area contributed by atoms with Crippen molar-refractivity contribution in [3.8, 4) is 0 Å². The highest BCUT2D eigenvalue weighted by Crippen LogP contribution is 2.25. The first-order valence-corrected chi connectivity index (χ1v) is 12.0. The molecule has 0 bridgehead atoms. The van der Waals surface area contributed by atoms with Gasteiger partial charge in [0.1, 0.15) is 0 Å². The van der Waals surface area contributed by atoms with Crippen molar-refractivity contribution in [3.05, 3.63) is 82.3 Å². The molecule has 0 aliphatic heterocycles. The Morgan fingerprint density at radius 2 is 1.50 bits per heavy atom. The standard InChI is InChI=1S/C21H18Cl2N2O3S2/c1-14-2-8-20(9-3-14)30(27,28)25-17-4-6-19(7-5-17)29-13-21(26)24-18-11-15(22)10-16(23)12-18/h2-12,25H,13H2,1H3,(H,24,26). The number of hydrogen-bond donors (Lipinski definition) is 2. The summed E-state index contributed by atoms with van der Waals surface area (Å²) in [5.41, 5.74) is 1.95. The smallest absolute Gasteiger partial charge is 0.261 e. The number of carbonyl (C=O) groups excluding carboxylic acids is 1. The van der Waals surface area contributed by atoms with Crippen molar-refractivity contribution in [1.29, 1.82) is 0 Å². The van der Waals surface area contributed by atoms with Crippen LogP contribution in [0.4, 0.5) is 11.4 Å². The molecular formula is C21H18Cl2N2O3S2. The van der Waals surface area contributed by atoms with Gasteiger partial charge in [0.15, 0.2) is 0 Å². The summed E-state index contributed by atoms with van der Waals surface area (Å²) in [4.78, 5) is 13.2. The van der Waals surface area contributed by atoms with Crippen molar-refractivity contribution in [2.24, 2.45) is 0 Å². The van der Waals surface area contributed by atoms with Crippen molar-refractivity contribution in [2.75, 3.05) is 15.8 Å². The van der Waals surface area contributed by atoms with E-state index in [9.17, 15) is 13.2 Å². The molecule has 3 aromatic rings. The van der Waals surface area contributed by atoms with Crippen LogP contribution in [0.5, 0.6) is 0 Å². The molecule has 0 aromatic heterocycles. The summed E-state index contributed by atoms with van der Waals surface area (Å²) in [6.45, 7) is 1.89. The number of nitrogens with one attached hydrogen (secondary N) is 2. The summed E-state index contributed by atoms with van der Waals surface area (Å²) >= 11 is 13.2. The summed E-state index contributed by atoms with van der Waals surface area (Å²) in [6, 6.07) is 18.3. The van der Waals surface area contributed by atoms with Crippen LogP contribution >= 0.6 is 35.0 Å². The Balaban J connectivity index is 1.56. The topological polar surface area (TPSA) is 75.3 Å². The fourth-order valence-electron chi connectivity index (χ4n) is 2.52. The number of carbonyl (C=O) groups is 1. The quantitative estimate of drug-likeness (QED) is 0.416. The Hall–Kier alpha value is -2.19. The Labute approximate surface area is 189 Å². The van der Waals surface area contributed by atoms with Crippen LogP contribution in [0.3, 0.4) is 0 Å². The first kappa shape index (κ1) is 22.5. The molecule has 3 aromatic carbocycles. The average Bonchev–Trinajstić information content (AvgIpc) is 2.67. The third-order valence-electron chi connectivity index (χ3n) is 3.95. The Morgan fingerprint density at radius 3 is 2.10 bits per heavy atom. The summed E-state index contributed by atoms with van der Waals surface area (Å²) in [5, 5.41) is 3.62. The van der Waals surface area contributed by atoms with Gasteiger partial charge in [-0.25, -0.2) is 8.42 Å². The molecule has 30 heavy (non-hydrogen) atoms. The van der Waals surface area contributed by atoms with Crippen molar-refractivity contribution in [3.63, 3.8) is 0 Å². The molecule has 156 valence electrons. The molecule has 0 saturated carbocycles. The number of thioether (sulfide) groups is 1. The molecule has 3 rings (SSSR count). The molecule has 1 amide bonds. The van der Waals surface area contributed by atoms with E-state index in [4.69, 9.17) is 23.2 Å². The number of aryl methyl sites for hydroxylation is 1. The molecule has 0 heterocycles. The third kappa shape index (κ3) is 6.40. The summed E-state index contributed by atoms with van der Waals surface area (Å²) < 4.78 is 27.4. The van der Waals surface area contributed by atoms with E-state index in [0.29, 0.717) is 21.4 Å². The molecule has 0 aliphatic carbocycles. The van der Waals surface area contributed by atoms with E-state index in [1.54, 1.807) is 66.7 Å². The fraction of sp³-hybridized carbons (Fsp3) is 0.0952. The second kappa shape index (κ2) is 9.75. The van der Waals surface area contributed by atoms with Gasteiger partial charge in [-0.2, -0.15) is 0 Å². The lowest BCUT2D eigenvalue weighted by Gasteiger charge is -2.09. The van der Waals surface area contributed by atoms with Crippen LogP contribution in [0.2, 0.25) is 10.0 Å². The van der Waals surface area contributed by atoms with Crippen LogP contribution in [0.1, 0.15) is 5.56 Å². The zero-order chi connectivity index (χ0) is 21.7. The van der Waals surface area contributed by atoms with Crippen LogP contribution < -0.4 is 10.0 Å². The van der Waals surface area contributed by atoms with Crippen molar-refractivity contribution in [2.45, 2.75) is 16.7 Å². The Morgan fingerprint density at radius 1 is 0.900 bits per heavy atom. The van der Waals surface area contributed by atoms with Crippen molar-refractivity contribution in [1.82, 2.24) is 0 Å². The second-order valence-electron chi connectivity index (χ2n) is 6.44. The van der Waals surface area contributed by atoms with Crippen LogP contribution in [0.25, 0.3) is 0 Å². The van der Waals surface area contributed by atoms with Gasteiger partial charge in [0.25, 0.3) is 10.0 Å². The maximum atomic E-state index is 12.4. The second-order valence-corrected chi connectivity index (χ2v) is 10.0. The first-order chi connectivity index (χ1) is 14.2. The highest BCUT2D eigenvalue weighted by Gasteiger charge is 2.14. The molecule has 0 unspecified atom stereocenters. The van der Waals surface area contributed by atoms with Gasteiger partial charge >= 0.3 is 0 Å². The molecule has 0 radical (unpaired) electrons. The number of rotatable bonds is 7. The Kier molecular flexibility index (Phi) is 7.31. The van der Waals surface area contributed by atoms with E-state index in [1.807, 2.05) is 6.92 Å². The van der Waals surface area contributed by atoms with Crippen LogP contribution in [-0.4, -0.2) is 20.1 Å². The first-order valence-electron chi connectivity index (χ1n) is 8.79. The third-order valence-corrected chi connectivity index (χ3v) is 6.80. The summed E-state index contributed by atoms with van der Waals surface area (Å²) in [6.07, 6.45) is 0. The minimum atomic E-state index is -3.65. The van der Waals surface area contributed by atoms with E-state index in [1.165, 1.54) is 11.8 Å². The molecule has 0 saturated heterocycles. The average molecular weight is 481 g/mol. The molecule has 2 N–H and O–H groups in total. The monoisotopic (exact) mass is 480 g/mol. The van der Waals surface area contributed by atoms with E-state index in [0.717, 1.165) is 10.5 Å². The van der Waals surface area contributed by atoms with Gasteiger partial charge in [0.2, 0.25) is 5.91 Å². The van der Waals surface area contributed by atoms with E-state index < -0.39 is 10.0 Å². The summed E-state index contributed by atoms with van der Waals surface area (Å²) in [5.74, 6) is -0.0269. The lowest BCUT2D eigenvalue weighted by Crippen LogP contribution is -2.14. The zero-order valence-electron chi connectivity index (χ0n) is 15.9. The maximum absolute atomic E-state index is 12.4. The predicted molar refractivity (Wildman–Crippen MR) is 124 cm³/mol. The van der Waals surface area contributed by atoms with Gasteiger partial charge in [0.05, 0.1) is 10.6 Å². The minimum absolute atomic E-state index is 0.179. The van der Waals surface area contributed by atoms with Gasteiger partial charge < -0.3 is 5.32 Å². The molecule has 9 heteroatoms. The number of benzene rings is 3. The number of sulfonamides is 1. The lowest BCUT2D eigenvalue weighted by atomic mass is 10.2. The van der Waals surface area contributed by atoms with Gasteiger partial charge in [0, 0.05) is 26.3 Å². The zero-order valence-corrected chi connectivity index (χ0v) is 19.0. The normalized spacial score (nSPS) is 11.2. The number of amides is 1. The SMILES string of the molecule is Cc1ccc(S(=O)(=O)Nc2ccc(SCC(=O)Nc3cc(Cl)cc(Cl)c3)cc2)cc1. The van der Waals surface area contributed by atoms with Crippen LogP contribution in [0.15, 0.2) is 76.5 Å². The fourth-order valence-corrected chi connectivity index (χ4v) is 4.81. The van der Waals surface area contributed by atoms with E-state index in [-0.39, 0.29) is 16.6 Å². The highest BCUT2D eigenvalue weighted by atomic mass is 35.5. The summed E-state index contributed by atoms with van der Waals surface area (Å²) in [7, 11) is -3.65. The molecule has 5 nitrogen and oxygen atoms in total. The molecule has 0 spiro atoms. The van der Waals surface area contributed by atoms with Gasteiger partial charge in [-0.3, -0.25) is 9.52 Å². The molecule has 0 atom stereocenters. The van der Waals surface area contributed by atoms with Crippen molar-refractivity contribution >= 4 is 62.3 Å².